The fraction of sp³-hybridized carbons (Fsp3) is 0.300. The highest BCUT2D eigenvalue weighted by Gasteiger charge is 2.26. The fourth-order valence-corrected chi connectivity index (χ4v) is 3.10. The van der Waals surface area contributed by atoms with E-state index in [4.69, 9.17) is 4.74 Å². The first kappa shape index (κ1) is 17.1. The van der Waals surface area contributed by atoms with E-state index in [0.29, 0.717) is 0 Å². The van der Waals surface area contributed by atoms with Crippen LogP contribution in [0.3, 0.4) is 0 Å². The molecule has 2 aromatic rings. The Morgan fingerprint density at radius 2 is 1.88 bits per heavy atom. The lowest BCUT2D eigenvalue weighted by atomic mass is 9.87. The first-order valence-electron chi connectivity index (χ1n) is 8.40. The van der Waals surface area contributed by atoms with Crippen LogP contribution in [0, 0.1) is 5.82 Å². The molecule has 5 heteroatoms. The van der Waals surface area contributed by atoms with Crippen molar-refractivity contribution in [1.82, 2.24) is 5.32 Å². The van der Waals surface area contributed by atoms with Crippen LogP contribution in [-0.2, 0) is 16.0 Å². The molecule has 2 aromatic carbocycles. The number of aryl methyl sites for hydroxylation is 1. The highest BCUT2D eigenvalue weighted by atomic mass is 19.1. The third-order valence-electron chi connectivity index (χ3n) is 4.43. The second-order valence-corrected chi connectivity index (χ2v) is 6.18. The summed E-state index contributed by atoms with van der Waals surface area (Å²) in [6, 6.07) is 13.5. The molecule has 0 aliphatic heterocycles. The summed E-state index contributed by atoms with van der Waals surface area (Å²) in [5, 5.41) is 2.94. The minimum atomic E-state index is -0.999. The highest BCUT2D eigenvalue weighted by molar-refractivity contribution is 5.92. The molecule has 4 nitrogen and oxygen atoms in total. The van der Waals surface area contributed by atoms with E-state index in [1.807, 2.05) is 18.2 Å². The van der Waals surface area contributed by atoms with Crippen molar-refractivity contribution in [1.29, 1.82) is 0 Å². The summed E-state index contributed by atoms with van der Waals surface area (Å²) in [5.74, 6) is -1.89. The predicted octanol–water partition coefficient (Wildman–Crippen LogP) is 3.56. The van der Waals surface area contributed by atoms with Gasteiger partial charge in [-0.15, -0.1) is 0 Å². The van der Waals surface area contributed by atoms with Gasteiger partial charge >= 0.3 is 5.97 Å². The molecule has 0 radical (unpaired) electrons. The fourth-order valence-electron chi connectivity index (χ4n) is 3.10. The van der Waals surface area contributed by atoms with Gasteiger partial charge in [0.15, 0.2) is 6.10 Å². The van der Waals surface area contributed by atoms with E-state index < -0.39 is 17.9 Å². The number of nitrogens with one attached hydrogen (secondary N) is 1. The molecule has 0 saturated carbocycles. The molecular formula is C20H20FNO3. The minimum absolute atomic E-state index is 0.0907. The van der Waals surface area contributed by atoms with Crippen molar-refractivity contribution in [3.05, 3.63) is 71.0 Å². The average molecular weight is 341 g/mol. The Morgan fingerprint density at radius 1 is 1.16 bits per heavy atom. The van der Waals surface area contributed by atoms with Crippen LogP contribution in [0.25, 0.3) is 0 Å². The SMILES string of the molecule is C[C@@H](OC(=O)c1ccccc1F)C(=O)N[C@H]1CCCc2ccccc21. The van der Waals surface area contributed by atoms with Gasteiger partial charge in [0.2, 0.25) is 0 Å². The number of hydrogen-bond acceptors (Lipinski definition) is 3. The van der Waals surface area contributed by atoms with Crippen LogP contribution in [0.15, 0.2) is 48.5 Å². The summed E-state index contributed by atoms with van der Waals surface area (Å²) in [4.78, 5) is 24.4. The molecule has 0 heterocycles. The minimum Gasteiger partial charge on any atom is -0.449 e. The van der Waals surface area contributed by atoms with E-state index in [1.54, 1.807) is 6.07 Å². The number of amides is 1. The van der Waals surface area contributed by atoms with Crippen LogP contribution >= 0.6 is 0 Å². The van der Waals surface area contributed by atoms with Gasteiger partial charge in [-0.3, -0.25) is 4.79 Å². The molecule has 25 heavy (non-hydrogen) atoms. The number of carbonyl (C=O) groups excluding carboxylic acids is 2. The molecular weight excluding hydrogens is 321 g/mol. The van der Waals surface area contributed by atoms with E-state index in [1.165, 1.54) is 30.7 Å². The molecule has 0 aromatic heterocycles. The Labute approximate surface area is 146 Å². The monoisotopic (exact) mass is 341 g/mol. The molecule has 1 N–H and O–H groups in total. The second-order valence-electron chi connectivity index (χ2n) is 6.18. The maximum Gasteiger partial charge on any atom is 0.341 e. The zero-order chi connectivity index (χ0) is 17.8. The maximum absolute atomic E-state index is 13.6. The van der Waals surface area contributed by atoms with Gasteiger partial charge in [0.25, 0.3) is 5.91 Å². The van der Waals surface area contributed by atoms with Crippen molar-refractivity contribution in [2.45, 2.75) is 38.3 Å². The molecule has 0 unspecified atom stereocenters. The van der Waals surface area contributed by atoms with Gasteiger partial charge in [-0.25, -0.2) is 9.18 Å². The van der Waals surface area contributed by atoms with Crippen LogP contribution in [0.1, 0.15) is 47.3 Å². The molecule has 130 valence electrons. The van der Waals surface area contributed by atoms with Crippen molar-refractivity contribution in [2.24, 2.45) is 0 Å². The van der Waals surface area contributed by atoms with Gasteiger partial charge < -0.3 is 10.1 Å². The number of fused-ring (bicyclic) bond motifs is 1. The molecule has 1 aliphatic carbocycles. The molecule has 1 aliphatic rings. The van der Waals surface area contributed by atoms with Gasteiger partial charge in [-0.1, -0.05) is 36.4 Å². The Morgan fingerprint density at radius 3 is 2.68 bits per heavy atom. The summed E-state index contributed by atoms with van der Waals surface area (Å²) < 4.78 is 18.7. The van der Waals surface area contributed by atoms with E-state index in [0.717, 1.165) is 24.8 Å². The van der Waals surface area contributed by atoms with Gasteiger partial charge in [0.1, 0.15) is 5.82 Å². The van der Waals surface area contributed by atoms with Crippen LogP contribution in [0.4, 0.5) is 4.39 Å². The van der Waals surface area contributed by atoms with Crippen molar-refractivity contribution in [3.63, 3.8) is 0 Å². The standard InChI is InChI=1S/C20H20FNO3/c1-13(25-20(24)16-10-4-5-11-17(16)21)19(23)22-18-12-6-8-14-7-2-3-9-15(14)18/h2-5,7,9-11,13,18H,6,8,12H2,1H3,(H,22,23)/t13-,18+/m1/s1. The molecule has 0 saturated heterocycles. The number of rotatable bonds is 4. The van der Waals surface area contributed by atoms with E-state index >= 15 is 0 Å². The van der Waals surface area contributed by atoms with E-state index in [-0.39, 0.29) is 17.5 Å². The summed E-state index contributed by atoms with van der Waals surface area (Å²) in [6.07, 6.45) is 1.84. The lowest BCUT2D eigenvalue weighted by molar-refractivity contribution is -0.130. The van der Waals surface area contributed by atoms with Gasteiger partial charge in [-0.05, 0) is 49.4 Å². The second kappa shape index (κ2) is 7.47. The lowest BCUT2D eigenvalue weighted by Gasteiger charge is -2.27. The van der Waals surface area contributed by atoms with Crippen molar-refractivity contribution >= 4 is 11.9 Å². The average Bonchev–Trinajstić information content (AvgIpc) is 2.62. The summed E-state index contributed by atoms with van der Waals surface area (Å²) in [6.45, 7) is 1.49. The van der Waals surface area contributed by atoms with Gasteiger partial charge in [0, 0.05) is 0 Å². The van der Waals surface area contributed by atoms with Crippen LogP contribution in [0.5, 0.6) is 0 Å². The molecule has 3 rings (SSSR count). The lowest BCUT2D eigenvalue weighted by Crippen LogP contribution is -2.39. The number of benzene rings is 2. The maximum atomic E-state index is 13.6. The quantitative estimate of drug-likeness (QED) is 0.865. The largest absolute Gasteiger partial charge is 0.449 e. The van der Waals surface area contributed by atoms with Crippen molar-refractivity contribution < 1.29 is 18.7 Å². The Balaban J connectivity index is 1.64. The zero-order valence-electron chi connectivity index (χ0n) is 14.0. The predicted molar refractivity (Wildman–Crippen MR) is 91.5 cm³/mol. The first-order valence-corrected chi connectivity index (χ1v) is 8.40. The number of halogens is 1. The molecule has 0 bridgehead atoms. The molecule has 0 fully saturated rings. The van der Waals surface area contributed by atoms with Gasteiger partial charge in [-0.2, -0.15) is 0 Å². The molecule has 2 atom stereocenters. The summed E-state index contributed by atoms with van der Waals surface area (Å²) in [7, 11) is 0. The Kier molecular flexibility index (Phi) is 5.12. The number of ether oxygens (including phenoxy) is 1. The first-order chi connectivity index (χ1) is 12.1. The molecule has 1 amide bonds. The molecule has 0 spiro atoms. The highest BCUT2D eigenvalue weighted by Crippen LogP contribution is 2.29. The van der Waals surface area contributed by atoms with Gasteiger partial charge in [0.05, 0.1) is 11.6 Å². The van der Waals surface area contributed by atoms with Crippen LogP contribution in [0.2, 0.25) is 0 Å². The number of carbonyl (C=O) groups is 2. The summed E-state index contributed by atoms with van der Waals surface area (Å²) >= 11 is 0. The smallest absolute Gasteiger partial charge is 0.341 e. The van der Waals surface area contributed by atoms with Crippen molar-refractivity contribution in [3.8, 4) is 0 Å². The van der Waals surface area contributed by atoms with Crippen LogP contribution < -0.4 is 5.32 Å². The number of esters is 1. The summed E-state index contributed by atoms with van der Waals surface area (Å²) in [5.41, 5.74) is 2.16. The third kappa shape index (κ3) is 3.87. The van der Waals surface area contributed by atoms with E-state index in [2.05, 4.69) is 11.4 Å². The third-order valence-corrected chi connectivity index (χ3v) is 4.43. The Bertz CT molecular complexity index is 790. The van der Waals surface area contributed by atoms with E-state index in [9.17, 15) is 14.0 Å². The Hall–Kier alpha value is -2.69. The normalized spacial score (nSPS) is 17.3. The van der Waals surface area contributed by atoms with Crippen LogP contribution in [-0.4, -0.2) is 18.0 Å². The van der Waals surface area contributed by atoms with Crippen molar-refractivity contribution in [2.75, 3.05) is 0 Å². The zero-order valence-corrected chi connectivity index (χ0v) is 14.0. The number of hydrogen-bond donors (Lipinski definition) is 1. The topological polar surface area (TPSA) is 55.4 Å².